The van der Waals surface area contributed by atoms with Crippen LogP contribution in [-0.2, 0) is 4.74 Å². The molecule has 1 spiro atoms. The third-order valence-electron chi connectivity index (χ3n) is 4.02. The zero-order valence-corrected chi connectivity index (χ0v) is 11.4. The van der Waals surface area contributed by atoms with Crippen molar-refractivity contribution in [3.63, 3.8) is 0 Å². The van der Waals surface area contributed by atoms with Crippen LogP contribution in [0.15, 0.2) is 11.1 Å². The van der Waals surface area contributed by atoms with E-state index in [1.807, 2.05) is 0 Å². The van der Waals surface area contributed by atoms with Crippen LogP contribution in [0.25, 0.3) is 0 Å². The van der Waals surface area contributed by atoms with Gasteiger partial charge in [0.2, 0.25) is 0 Å². The van der Waals surface area contributed by atoms with Gasteiger partial charge in [0.1, 0.15) is 5.02 Å². The minimum Gasteiger partial charge on any atom is -0.375 e. The Bertz CT molecular complexity index is 525. The van der Waals surface area contributed by atoms with E-state index in [1.165, 1.54) is 12.7 Å². The van der Waals surface area contributed by atoms with Crippen LogP contribution < -0.4 is 5.56 Å². The number of hydrogen-bond donors (Lipinski definition) is 0. The Labute approximate surface area is 115 Å². The largest absolute Gasteiger partial charge is 0.375 e. The number of aromatic nitrogens is 2. The number of nitrogens with zero attached hydrogens (tertiary/aromatic N) is 2. The van der Waals surface area contributed by atoms with Gasteiger partial charge in [0, 0.05) is 12.6 Å². The van der Waals surface area contributed by atoms with E-state index in [0.29, 0.717) is 6.61 Å². The lowest BCUT2D eigenvalue weighted by Gasteiger charge is -2.47. The second-order valence-corrected chi connectivity index (χ2v) is 5.83. The van der Waals surface area contributed by atoms with Gasteiger partial charge < -0.3 is 4.74 Å². The maximum atomic E-state index is 12.1. The van der Waals surface area contributed by atoms with Crippen molar-refractivity contribution in [3.05, 3.63) is 26.9 Å². The molecule has 2 fully saturated rings. The highest BCUT2D eigenvalue weighted by Gasteiger charge is 2.43. The average molecular weight is 289 g/mol. The molecule has 18 heavy (non-hydrogen) atoms. The SMILES string of the molecule is O=c1c(Cl)c(Cl)ncn1C1CCOC2(CCC2)C1. The summed E-state index contributed by atoms with van der Waals surface area (Å²) in [5, 5.41) is 0.0802. The first-order valence-corrected chi connectivity index (χ1v) is 6.93. The highest BCUT2D eigenvalue weighted by Crippen LogP contribution is 2.45. The molecule has 1 aromatic heterocycles. The zero-order valence-electron chi connectivity index (χ0n) is 9.86. The zero-order chi connectivity index (χ0) is 12.8. The topological polar surface area (TPSA) is 44.1 Å². The molecule has 1 aliphatic heterocycles. The van der Waals surface area contributed by atoms with Crippen molar-refractivity contribution in [1.82, 2.24) is 9.55 Å². The summed E-state index contributed by atoms with van der Waals surface area (Å²) in [4.78, 5) is 16.0. The Morgan fingerprint density at radius 2 is 2.22 bits per heavy atom. The van der Waals surface area contributed by atoms with Crippen LogP contribution in [-0.4, -0.2) is 21.8 Å². The highest BCUT2D eigenvalue weighted by molar-refractivity contribution is 6.40. The summed E-state index contributed by atoms with van der Waals surface area (Å²) in [5.74, 6) is 0. The molecule has 1 aliphatic carbocycles. The molecule has 6 heteroatoms. The van der Waals surface area contributed by atoms with E-state index < -0.39 is 0 Å². The molecule has 0 amide bonds. The van der Waals surface area contributed by atoms with E-state index in [0.717, 1.165) is 25.7 Å². The fourth-order valence-corrected chi connectivity index (χ4v) is 3.11. The van der Waals surface area contributed by atoms with Gasteiger partial charge in [-0.2, -0.15) is 0 Å². The Morgan fingerprint density at radius 3 is 2.89 bits per heavy atom. The van der Waals surface area contributed by atoms with Gasteiger partial charge in [0.15, 0.2) is 5.15 Å². The fourth-order valence-electron chi connectivity index (χ4n) is 2.84. The van der Waals surface area contributed by atoms with Crippen molar-refractivity contribution in [3.8, 4) is 0 Å². The molecule has 98 valence electrons. The standard InChI is InChI=1S/C12H14Cl2N2O2/c13-9-10(14)15-7-16(11(9)17)8-2-5-18-12(6-8)3-1-4-12/h7-8H,1-6H2. The highest BCUT2D eigenvalue weighted by atomic mass is 35.5. The normalized spacial score (nSPS) is 26.0. The first kappa shape index (κ1) is 12.5. The summed E-state index contributed by atoms with van der Waals surface area (Å²) in [7, 11) is 0. The van der Waals surface area contributed by atoms with Crippen molar-refractivity contribution in [2.24, 2.45) is 0 Å². The van der Waals surface area contributed by atoms with Crippen LogP contribution in [0, 0.1) is 0 Å². The van der Waals surface area contributed by atoms with E-state index in [9.17, 15) is 4.79 Å². The Kier molecular flexibility index (Phi) is 3.12. The number of hydrogen-bond acceptors (Lipinski definition) is 3. The summed E-state index contributed by atoms with van der Waals surface area (Å²) < 4.78 is 7.46. The molecular weight excluding hydrogens is 275 g/mol. The summed E-state index contributed by atoms with van der Waals surface area (Å²) in [6, 6.07) is 0.119. The molecule has 1 saturated carbocycles. The van der Waals surface area contributed by atoms with Gasteiger partial charge in [0.05, 0.1) is 11.9 Å². The number of ether oxygens (including phenoxy) is 1. The van der Waals surface area contributed by atoms with E-state index in [-0.39, 0.29) is 27.4 Å². The Hall–Kier alpha value is -0.580. The molecule has 0 bridgehead atoms. The van der Waals surface area contributed by atoms with E-state index >= 15 is 0 Å². The van der Waals surface area contributed by atoms with Crippen LogP contribution in [0.1, 0.15) is 38.1 Å². The van der Waals surface area contributed by atoms with Crippen molar-refractivity contribution >= 4 is 23.2 Å². The van der Waals surface area contributed by atoms with Crippen LogP contribution >= 0.6 is 23.2 Å². The van der Waals surface area contributed by atoms with E-state index in [1.54, 1.807) is 4.57 Å². The lowest BCUT2D eigenvalue weighted by Crippen LogP contribution is -2.47. The molecule has 1 atom stereocenters. The minimum atomic E-state index is -0.252. The minimum absolute atomic E-state index is 0.00549. The fraction of sp³-hybridized carbons (Fsp3) is 0.667. The lowest BCUT2D eigenvalue weighted by molar-refractivity contribution is -0.140. The molecule has 2 heterocycles. The van der Waals surface area contributed by atoms with Crippen molar-refractivity contribution in [2.45, 2.75) is 43.7 Å². The smallest absolute Gasteiger partial charge is 0.273 e. The summed E-state index contributed by atoms with van der Waals surface area (Å²) in [5.41, 5.74) is -0.257. The van der Waals surface area contributed by atoms with Crippen molar-refractivity contribution in [1.29, 1.82) is 0 Å². The molecule has 1 unspecified atom stereocenters. The van der Waals surface area contributed by atoms with Gasteiger partial charge in [-0.3, -0.25) is 9.36 Å². The molecule has 0 aromatic carbocycles. The molecule has 2 aliphatic rings. The molecule has 3 rings (SSSR count). The monoisotopic (exact) mass is 288 g/mol. The average Bonchev–Trinajstić information content (AvgIpc) is 2.34. The predicted octanol–water partition coefficient (Wildman–Crippen LogP) is 2.82. The molecule has 1 aromatic rings. The second-order valence-electron chi connectivity index (χ2n) is 5.09. The molecule has 0 N–H and O–H groups in total. The third-order valence-corrected chi connectivity index (χ3v) is 4.75. The van der Waals surface area contributed by atoms with E-state index in [2.05, 4.69) is 4.98 Å². The van der Waals surface area contributed by atoms with Gasteiger partial charge in [0.25, 0.3) is 5.56 Å². The van der Waals surface area contributed by atoms with Crippen LogP contribution in [0.3, 0.4) is 0 Å². The van der Waals surface area contributed by atoms with Gasteiger partial charge in [-0.05, 0) is 32.1 Å². The summed E-state index contributed by atoms with van der Waals surface area (Å²) in [6.07, 6.45) is 6.58. The van der Waals surface area contributed by atoms with Gasteiger partial charge in [-0.1, -0.05) is 23.2 Å². The van der Waals surface area contributed by atoms with Gasteiger partial charge in [-0.25, -0.2) is 4.98 Å². The summed E-state index contributed by atoms with van der Waals surface area (Å²) in [6.45, 7) is 0.692. The van der Waals surface area contributed by atoms with Gasteiger partial charge >= 0.3 is 0 Å². The Balaban J connectivity index is 1.91. The van der Waals surface area contributed by atoms with Crippen LogP contribution in [0.4, 0.5) is 0 Å². The van der Waals surface area contributed by atoms with Crippen LogP contribution in [0.5, 0.6) is 0 Å². The number of halogens is 2. The second kappa shape index (κ2) is 4.51. The van der Waals surface area contributed by atoms with Crippen molar-refractivity contribution < 1.29 is 4.74 Å². The molecule has 4 nitrogen and oxygen atoms in total. The third kappa shape index (κ3) is 1.96. The van der Waals surface area contributed by atoms with Gasteiger partial charge in [-0.15, -0.1) is 0 Å². The predicted molar refractivity (Wildman–Crippen MR) is 69.3 cm³/mol. The Morgan fingerprint density at radius 1 is 1.44 bits per heavy atom. The first-order valence-electron chi connectivity index (χ1n) is 6.17. The first-order chi connectivity index (χ1) is 8.61. The van der Waals surface area contributed by atoms with Crippen molar-refractivity contribution in [2.75, 3.05) is 6.61 Å². The van der Waals surface area contributed by atoms with Crippen LogP contribution in [0.2, 0.25) is 10.2 Å². The summed E-state index contributed by atoms with van der Waals surface area (Å²) >= 11 is 11.6. The molecule has 0 radical (unpaired) electrons. The number of rotatable bonds is 1. The molecule has 1 saturated heterocycles. The molecular formula is C12H14Cl2N2O2. The van der Waals surface area contributed by atoms with E-state index in [4.69, 9.17) is 27.9 Å². The quantitative estimate of drug-likeness (QED) is 0.747. The maximum absolute atomic E-state index is 12.1. The lowest BCUT2D eigenvalue weighted by atomic mass is 9.74. The maximum Gasteiger partial charge on any atom is 0.273 e.